The van der Waals surface area contributed by atoms with Gasteiger partial charge in [-0.2, -0.15) is 0 Å². The molecule has 0 saturated carbocycles. The van der Waals surface area contributed by atoms with Gasteiger partial charge in [-0.25, -0.2) is 0 Å². The van der Waals surface area contributed by atoms with Gasteiger partial charge in [-0.15, -0.1) is 0 Å². The molecule has 0 rings (SSSR count). The maximum absolute atomic E-state index is 11.7. The van der Waals surface area contributed by atoms with Gasteiger partial charge in [0, 0.05) is 20.5 Å². The molecule has 0 atom stereocenters. The molecule has 118 valence electrons. The zero-order valence-corrected chi connectivity index (χ0v) is 13.5. The molecule has 5 heteroatoms. The molecule has 5 nitrogen and oxygen atoms in total. The van der Waals surface area contributed by atoms with E-state index in [-0.39, 0.29) is 11.9 Å². The van der Waals surface area contributed by atoms with Gasteiger partial charge in [0.05, 0.1) is 13.2 Å². The van der Waals surface area contributed by atoms with Gasteiger partial charge in [0.15, 0.2) is 0 Å². The Bertz CT molecular complexity index is 280. The molecule has 0 unspecified atom stereocenters. The van der Waals surface area contributed by atoms with E-state index in [2.05, 4.69) is 11.8 Å². The first kappa shape index (κ1) is 18.9. The van der Waals surface area contributed by atoms with E-state index in [0.717, 1.165) is 38.8 Å². The van der Waals surface area contributed by atoms with Crippen LogP contribution in [0.4, 0.5) is 0 Å². The Balaban J connectivity index is 3.80. The van der Waals surface area contributed by atoms with Crippen LogP contribution in [0.1, 0.15) is 46.0 Å². The van der Waals surface area contributed by atoms with Crippen molar-refractivity contribution in [1.29, 1.82) is 0 Å². The van der Waals surface area contributed by atoms with Crippen molar-refractivity contribution in [2.45, 2.75) is 46.0 Å². The molecule has 0 aromatic rings. The maximum Gasteiger partial charge on any atom is 0.305 e. The lowest BCUT2D eigenvalue weighted by Gasteiger charge is -2.22. The lowest BCUT2D eigenvalue weighted by Crippen LogP contribution is -2.37. The second-order valence-electron chi connectivity index (χ2n) is 5.18. The predicted molar refractivity (Wildman–Crippen MR) is 80.5 cm³/mol. The van der Waals surface area contributed by atoms with E-state index in [1.165, 1.54) is 0 Å². The van der Waals surface area contributed by atoms with Crippen LogP contribution >= 0.6 is 0 Å². The van der Waals surface area contributed by atoms with Crippen molar-refractivity contribution in [2.75, 3.05) is 40.3 Å². The number of carbonyl (C=O) groups excluding carboxylic acids is 2. The Morgan fingerprint density at radius 3 is 2.25 bits per heavy atom. The Hall–Kier alpha value is -1.10. The molecule has 0 aromatic heterocycles. The molecule has 0 bridgehead atoms. The smallest absolute Gasteiger partial charge is 0.305 e. The molecule has 0 aliphatic heterocycles. The van der Waals surface area contributed by atoms with Gasteiger partial charge in [0.25, 0.3) is 0 Å². The van der Waals surface area contributed by atoms with Crippen LogP contribution in [0.3, 0.4) is 0 Å². The Labute approximate surface area is 123 Å². The molecule has 0 heterocycles. The summed E-state index contributed by atoms with van der Waals surface area (Å²) in [4.78, 5) is 26.7. The molecule has 0 radical (unpaired) electrons. The van der Waals surface area contributed by atoms with E-state index in [9.17, 15) is 9.59 Å². The molecule has 0 aliphatic rings. The minimum Gasteiger partial charge on any atom is -0.466 e. The van der Waals surface area contributed by atoms with Crippen LogP contribution in [0.2, 0.25) is 0 Å². The summed E-state index contributed by atoms with van der Waals surface area (Å²) in [5, 5.41) is 0. The molecule has 20 heavy (non-hydrogen) atoms. The Kier molecular flexibility index (Phi) is 11.1. The molecular weight excluding hydrogens is 256 g/mol. The number of likely N-dealkylation sites (N-methyl/N-ethyl adjacent to an activating group) is 1. The fourth-order valence-corrected chi connectivity index (χ4v) is 1.93. The third-order valence-electron chi connectivity index (χ3n) is 3.06. The van der Waals surface area contributed by atoms with Gasteiger partial charge in [-0.05, 0) is 39.3 Å². The number of hydrogen-bond donors (Lipinski definition) is 0. The summed E-state index contributed by atoms with van der Waals surface area (Å²) in [5.41, 5.74) is 0. The quantitative estimate of drug-likeness (QED) is 0.430. The molecule has 0 aliphatic carbocycles. The van der Waals surface area contributed by atoms with Crippen LogP contribution in [-0.4, -0.2) is 62.0 Å². The molecule has 0 N–H and O–H groups in total. The number of unbranched alkanes of at least 4 members (excludes halogenated alkanes) is 2. The lowest BCUT2D eigenvalue weighted by atomic mass is 10.2. The normalized spacial score (nSPS) is 10.7. The standard InChI is InChI=1S/C15H30N2O3/c1-5-11-17(13-14(18)16(3)4)12-9-7-8-10-15(19)20-6-2/h5-13H2,1-4H3. The van der Waals surface area contributed by atoms with Crippen LogP contribution in [0.15, 0.2) is 0 Å². The monoisotopic (exact) mass is 286 g/mol. The van der Waals surface area contributed by atoms with Gasteiger partial charge in [0.2, 0.25) is 5.91 Å². The highest BCUT2D eigenvalue weighted by Crippen LogP contribution is 2.04. The van der Waals surface area contributed by atoms with Gasteiger partial charge < -0.3 is 9.64 Å². The van der Waals surface area contributed by atoms with Crippen molar-refractivity contribution in [3.05, 3.63) is 0 Å². The van der Waals surface area contributed by atoms with E-state index in [4.69, 9.17) is 4.74 Å². The first-order chi connectivity index (χ1) is 9.51. The fraction of sp³-hybridized carbons (Fsp3) is 0.867. The van der Waals surface area contributed by atoms with Crippen LogP contribution in [-0.2, 0) is 14.3 Å². The average molecular weight is 286 g/mol. The first-order valence-corrected chi connectivity index (χ1v) is 7.59. The Morgan fingerprint density at radius 2 is 1.70 bits per heavy atom. The predicted octanol–water partition coefficient (Wildman–Crippen LogP) is 1.91. The van der Waals surface area contributed by atoms with E-state index >= 15 is 0 Å². The SMILES string of the molecule is CCCN(CCCCCC(=O)OCC)CC(=O)N(C)C. The van der Waals surface area contributed by atoms with Crippen LogP contribution in [0, 0.1) is 0 Å². The van der Waals surface area contributed by atoms with Gasteiger partial charge in [-0.3, -0.25) is 14.5 Å². The lowest BCUT2D eigenvalue weighted by molar-refractivity contribution is -0.143. The van der Waals surface area contributed by atoms with Crippen molar-refractivity contribution in [2.24, 2.45) is 0 Å². The minimum atomic E-state index is -0.110. The molecule has 1 amide bonds. The van der Waals surface area contributed by atoms with E-state index in [1.807, 2.05) is 6.92 Å². The summed E-state index contributed by atoms with van der Waals surface area (Å²) in [5.74, 6) is 0.0330. The summed E-state index contributed by atoms with van der Waals surface area (Å²) in [6, 6.07) is 0. The first-order valence-electron chi connectivity index (χ1n) is 7.59. The number of hydrogen-bond acceptors (Lipinski definition) is 4. The van der Waals surface area contributed by atoms with Gasteiger partial charge >= 0.3 is 5.97 Å². The van der Waals surface area contributed by atoms with Crippen molar-refractivity contribution in [3.8, 4) is 0 Å². The van der Waals surface area contributed by atoms with Crippen molar-refractivity contribution in [1.82, 2.24) is 9.80 Å². The highest BCUT2D eigenvalue weighted by Gasteiger charge is 2.11. The second-order valence-corrected chi connectivity index (χ2v) is 5.18. The second kappa shape index (κ2) is 11.7. The number of ether oxygens (including phenoxy) is 1. The summed E-state index contributed by atoms with van der Waals surface area (Å²) in [6.45, 7) is 6.73. The molecule has 0 spiro atoms. The minimum absolute atomic E-state index is 0.110. The summed E-state index contributed by atoms with van der Waals surface area (Å²) < 4.78 is 4.89. The summed E-state index contributed by atoms with van der Waals surface area (Å²) >= 11 is 0. The third-order valence-corrected chi connectivity index (χ3v) is 3.06. The Morgan fingerprint density at radius 1 is 1.00 bits per heavy atom. The topological polar surface area (TPSA) is 49.9 Å². The number of carbonyl (C=O) groups is 2. The average Bonchev–Trinajstić information content (AvgIpc) is 2.38. The van der Waals surface area contributed by atoms with E-state index < -0.39 is 0 Å². The van der Waals surface area contributed by atoms with Crippen molar-refractivity contribution < 1.29 is 14.3 Å². The number of esters is 1. The fourth-order valence-electron chi connectivity index (χ4n) is 1.93. The van der Waals surface area contributed by atoms with E-state index in [0.29, 0.717) is 19.6 Å². The van der Waals surface area contributed by atoms with Crippen LogP contribution in [0.25, 0.3) is 0 Å². The number of amides is 1. The zero-order chi connectivity index (χ0) is 15.4. The molecular formula is C15H30N2O3. The molecule has 0 aromatic carbocycles. The summed E-state index contributed by atoms with van der Waals surface area (Å²) in [6.07, 6.45) is 4.41. The zero-order valence-electron chi connectivity index (χ0n) is 13.5. The van der Waals surface area contributed by atoms with Crippen LogP contribution < -0.4 is 0 Å². The van der Waals surface area contributed by atoms with Gasteiger partial charge in [0.1, 0.15) is 0 Å². The van der Waals surface area contributed by atoms with Gasteiger partial charge in [-0.1, -0.05) is 13.3 Å². The molecule has 0 saturated heterocycles. The largest absolute Gasteiger partial charge is 0.466 e. The maximum atomic E-state index is 11.7. The highest BCUT2D eigenvalue weighted by atomic mass is 16.5. The number of rotatable bonds is 11. The number of nitrogens with zero attached hydrogens (tertiary/aromatic N) is 2. The molecule has 0 fully saturated rings. The summed E-state index contributed by atoms with van der Waals surface area (Å²) in [7, 11) is 3.57. The van der Waals surface area contributed by atoms with Crippen LogP contribution in [0.5, 0.6) is 0 Å². The third kappa shape index (κ3) is 9.78. The highest BCUT2D eigenvalue weighted by molar-refractivity contribution is 5.77. The van der Waals surface area contributed by atoms with Crippen molar-refractivity contribution in [3.63, 3.8) is 0 Å². The van der Waals surface area contributed by atoms with Crippen molar-refractivity contribution >= 4 is 11.9 Å². The van der Waals surface area contributed by atoms with E-state index in [1.54, 1.807) is 19.0 Å².